The topological polar surface area (TPSA) is 55.1 Å². The maximum absolute atomic E-state index is 10.6. The van der Waals surface area contributed by atoms with E-state index < -0.39 is 0 Å². The lowest BCUT2D eigenvalue weighted by atomic mass is 10.2. The molecule has 0 aromatic rings. The Balaban J connectivity index is 3.60. The highest BCUT2D eigenvalue weighted by Gasteiger charge is 2.00. The van der Waals surface area contributed by atoms with Gasteiger partial charge in [-0.15, -0.1) is 0 Å². The first kappa shape index (κ1) is 8.17. The molecule has 0 saturated heterocycles. The third-order valence-electron chi connectivity index (χ3n) is 1.00. The highest BCUT2D eigenvalue weighted by molar-refractivity contribution is 5.92. The summed E-state index contributed by atoms with van der Waals surface area (Å²) in [7, 11) is 0. The van der Waals surface area contributed by atoms with Gasteiger partial charge in [0.25, 0.3) is 5.91 Å². The average molecular weight is 128 g/mol. The first-order valence-electron chi connectivity index (χ1n) is 2.91. The standard InChI is InChI=1S/C6H12N2O/c1-3-4-5(2)6(9)8-7/h2-4,7H2,1H3,(H,8,9). The van der Waals surface area contributed by atoms with Crippen molar-refractivity contribution in [3.63, 3.8) is 0 Å². The van der Waals surface area contributed by atoms with Crippen molar-refractivity contribution in [3.05, 3.63) is 12.2 Å². The monoisotopic (exact) mass is 128 g/mol. The van der Waals surface area contributed by atoms with Crippen molar-refractivity contribution in [3.8, 4) is 0 Å². The van der Waals surface area contributed by atoms with Gasteiger partial charge in [-0.05, 0) is 6.42 Å². The molecular formula is C6H12N2O. The van der Waals surface area contributed by atoms with Crippen LogP contribution in [0.4, 0.5) is 0 Å². The molecule has 3 nitrogen and oxygen atoms in total. The SMILES string of the molecule is C=C(CCC)C(=O)NN. The fourth-order valence-corrected chi connectivity index (χ4v) is 0.517. The molecule has 0 aromatic carbocycles. The number of nitrogens with two attached hydrogens (primary N) is 1. The minimum atomic E-state index is -0.267. The third-order valence-corrected chi connectivity index (χ3v) is 1.00. The molecule has 0 heterocycles. The summed E-state index contributed by atoms with van der Waals surface area (Å²) in [5.41, 5.74) is 2.55. The number of amides is 1. The molecule has 0 atom stereocenters. The van der Waals surface area contributed by atoms with Crippen molar-refractivity contribution < 1.29 is 4.79 Å². The van der Waals surface area contributed by atoms with Gasteiger partial charge in [0.05, 0.1) is 0 Å². The highest BCUT2D eigenvalue weighted by atomic mass is 16.2. The smallest absolute Gasteiger partial charge is 0.260 e. The Bertz CT molecular complexity index is 120. The number of hydrogen-bond acceptors (Lipinski definition) is 2. The van der Waals surface area contributed by atoms with Crippen LogP contribution >= 0.6 is 0 Å². The van der Waals surface area contributed by atoms with E-state index in [4.69, 9.17) is 5.84 Å². The Morgan fingerprint density at radius 3 is 2.67 bits per heavy atom. The number of carbonyl (C=O) groups excluding carboxylic acids is 1. The third kappa shape index (κ3) is 2.87. The van der Waals surface area contributed by atoms with Crippen molar-refractivity contribution in [2.24, 2.45) is 5.84 Å². The van der Waals surface area contributed by atoms with Gasteiger partial charge < -0.3 is 0 Å². The van der Waals surface area contributed by atoms with E-state index in [-0.39, 0.29) is 5.91 Å². The molecule has 9 heavy (non-hydrogen) atoms. The molecule has 52 valence electrons. The molecule has 0 aromatic heterocycles. The highest BCUT2D eigenvalue weighted by Crippen LogP contribution is 1.99. The Hall–Kier alpha value is -0.830. The van der Waals surface area contributed by atoms with Gasteiger partial charge in [-0.2, -0.15) is 0 Å². The predicted octanol–water partition coefficient (Wildman–Crippen LogP) is 0.333. The van der Waals surface area contributed by atoms with E-state index in [9.17, 15) is 4.79 Å². The molecule has 0 unspecified atom stereocenters. The zero-order chi connectivity index (χ0) is 7.28. The molecule has 0 radical (unpaired) electrons. The van der Waals surface area contributed by atoms with Gasteiger partial charge >= 0.3 is 0 Å². The lowest BCUT2D eigenvalue weighted by Crippen LogP contribution is -2.30. The lowest BCUT2D eigenvalue weighted by molar-refractivity contribution is -0.117. The van der Waals surface area contributed by atoms with Gasteiger partial charge in [0.15, 0.2) is 0 Å². The second kappa shape index (κ2) is 4.09. The van der Waals surface area contributed by atoms with Gasteiger partial charge in [0.2, 0.25) is 0 Å². The zero-order valence-corrected chi connectivity index (χ0v) is 5.61. The van der Waals surface area contributed by atoms with Crippen LogP contribution in [0.25, 0.3) is 0 Å². The summed E-state index contributed by atoms with van der Waals surface area (Å²) in [6.07, 6.45) is 1.63. The van der Waals surface area contributed by atoms with Gasteiger partial charge in [-0.25, -0.2) is 5.84 Å². The van der Waals surface area contributed by atoms with Crippen molar-refractivity contribution in [2.45, 2.75) is 19.8 Å². The molecule has 3 N–H and O–H groups in total. The molecule has 0 aliphatic heterocycles. The van der Waals surface area contributed by atoms with E-state index in [1.165, 1.54) is 0 Å². The molecule has 0 spiro atoms. The molecule has 0 bridgehead atoms. The summed E-state index contributed by atoms with van der Waals surface area (Å²) < 4.78 is 0. The molecule has 0 rings (SSSR count). The van der Waals surface area contributed by atoms with Crippen molar-refractivity contribution in [2.75, 3.05) is 0 Å². The fourth-order valence-electron chi connectivity index (χ4n) is 0.517. The number of nitrogens with one attached hydrogen (secondary N) is 1. The number of hydrazine groups is 1. The number of hydrogen-bond donors (Lipinski definition) is 2. The molecule has 3 heteroatoms. The molecule has 0 aliphatic carbocycles. The van der Waals surface area contributed by atoms with Crippen molar-refractivity contribution in [1.29, 1.82) is 0 Å². The van der Waals surface area contributed by atoms with E-state index in [2.05, 4.69) is 6.58 Å². The summed E-state index contributed by atoms with van der Waals surface area (Å²) in [5.74, 6) is 4.58. The van der Waals surface area contributed by atoms with Crippen LogP contribution in [0.15, 0.2) is 12.2 Å². The fraction of sp³-hybridized carbons (Fsp3) is 0.500. The summed E-state index contributed by atoms with van der Waals surface area (Å²) in [4.78, 5) is 10.6. The molecular weight excluding hydrogens is 116 g/mol. The van der Waals surface area contributed by atoms with E-state index >= 15 is 0 Å². The average Bonchev–Trinajstić information content (AvgIpc) is 1.87. The van der Waals surface area contributed by atoms with Crippen LogP contribution in [-0.2, 0) is 4.79 Å². The van der Waals surface area contributed by atoms with Gasteiger partial charge in [-0.3, -0.25) is 10.2 Å². The summed E-state index contributed by atoms with van der Waals surface area (Å²) in [5, 5.41) is 0. The quantitative estimate of drug-likeness (QED) is 0.249. The largest absolute Gasteiger partial charge is 0.290 e. The van der Waals surface area contributed by atoms with E-state index in [0.29, 0.717) is 12.0 Å². The molecule has 0 aliphatic rings. The second-order valence-electron chi connectivity index (χ2n) is 1.83. The van der Waals surface area contributed by atoms with Crippen LogP contribution in [0.5, 0.6) is 0 Å². The first-order valence-corrected chi connectivity index (χ1v) is 2.91. The molecule has 0 fully saturated rings. The molecule has 0 saturated carbocycles. The molecule has 1 amide bonds. The first-order chi connectivity index (χ1) is 4.22. The van der Waals surface area contributed by atoms with Gasteiger partial charge in [-0.1, -0.05) is 19.9 Å². The second-order valence-corrected chi connectivity index (χ2v) is 1.83. The Morgan fingerprint density at radius 1 is 1.78 bits per heavy atom. The lowest BCUT2D eigenvalue weighted by Gasteiger charge is -1.99. The van der Waals surface area contributed by atoms with E-state index in [0.717, 1.165) is 6.42 Å². The number of rotatable bonds is 3. The van der Waals surface area contributed by atoms with Crippen LogP contribution in [0.2, 0.25) is 0 Å². The minimum absolute atomic E-state index is 0.267. The summed E-state index contributed by atoms with van der Waals surface area (Å²) >= 11 is 0. The summed E-state index contributed by atoms with van der Waals surface area (Å²) in [6.45, 7) is 5.50. The Morgan fingerprint density at radius 2 is 2.33 bits per heavy atom. The van der Waals surface area contributed by atoms with Crippen LogP contribution in [0, 0.1) is 0 Å². The van der Waals surface area contributed by atoms with Crippen LogP contribution in [-0.4, -0.2) is 5.91 Å². The Labute approximate surface area is 54.9 Å². The maximum atomic E-state index is 10.6. The predicted molar refractivity (Wildman–Crippen MR) is 36.4 cm³/mol. The Kier molecular flexibility index (Phi) is 3.71. The van der Waals surface area contributed by atoms with E-state index in [1.807, 2.05) is 12.3 Å². The van der Waals surface area contributed by atoms with Gasteiger partial charge in [0, 0.05) is 5.57 Å². The summed E-state index contributed by atoms with van der Waals surface area (Å²) in [6, 6.07) is 0. The number of carbonyl (C=O) groups is 1. The van der Waals surface area contributed by atoms with E-state index in [1.54, 1.807) is 0 Å². The van der Waals surface area contributed by atoms with Crippen molar-refractivity contribution in [1.82, 2.24) is 5.43 Å². The zero-order valence-electron chi connectivity index (χ0n) is 5.61. The normalized spacial score (nSPS) is 8.67. The van der Waals surface area contributed by atoms with Crippen molar-refractivity contribution >= 4 is 5.91 Å². The van der Waals surface area contributed by atoms with Crippen LogP contribution in [0.3, 0.4) is 0 Å². The minimum Gasteiger partial charge on any atom is -0.290 e. The van der Waals surface area contributed by atoms with Crippen LogP contribution < -0.4 is 11.3 Å². The maximum Gasteiger partial charge on any atom is 0.260 e. The van der Waals surface area contributed by atoms with Crippen LogP contribution in [0.1, 0.15) is 19.8 Å². The van der Waals surface area contributed by atoms with Gasteiger partial charge in [0.1, 0.15) is 0 Å².